The predicted molar refractivity (Wildman–Crippen MR) is 124 cm³/mol. The van der Waals surface area contributed by atoms with Gasteiger partial charge in [0, 0.05) is 30.3 Å². The van der Waals surface area contributed by atoms with E-state index in [-0.39, 0.29) is 11.7 Å². The number of Topliss-reactive ketones (excluding diaryl/α,β-unsaturated/α-hetero) is 1. The first kappa shape index (κ1) is 20.8. The minimum absolute atomic E-state index is 0.0861. The van der Waals surface area contributed by atoms with Gasteiger partial charge in [-0.25, -0.2) is 0 Å². The first-order valence-electron chi connectivity index (χ1n) is 10.7. The average molecular weight is 421 g/mol. The van der Waals surface area contributed by atoms with Crippen molar-refractivity contribution in [2.45, 2.75) is 39.2 Å². The van der Waals surface area contributed by atoms with Crippen molar-refractivity contribution in [2.24, 2.45) is 5.92 Å². The summed E-state index contributed by atoms with van der Waals surface area (Å²) in [5, 5.41) is 3.86. The molecule has 1 aliphatic rings. The smallest absolute Gasteiger partial charge is 0.221 e. The summed E-state index contributed by atoms with van der Waals surface area (Å²) in [4.78, 5) is 27.3. The molecule has 0 atom stereocenters. The summed E-state index contributed by atoms with van der Waals surface area (Å²) in [6.07, 6.45) is 3.94. The Labute approximate surface area is 181 Å². The van der Waals surface area contributed by atoms with Crippen LogP contribution in [0.2, 0.25) is 0 Å². The molecule has 4 rings (SSSR count). The van der Waals surface area contributed by atoms with Crippen LogP contribution >= 0.6 is 11.3 Å². The van der Waals surface area contributed by atoms with Gasteiger partial charge >= 0.3 is 0 Å². The van der Waals surface area contributed by atoms with Gasteiger partial charge in [-0.3, -0.25) is 14.5 Å². The molecule has 1 fully saturated rings. The third-order valence-corrected chi connectivity index (χ3v) is 6.99. The second-order valence-corrected chi connectivity index (χ2v) is 9.30. The molecule has 0 bridgehead atoms. The normalized spacial score (nSPS) is 15.4. The third-order valence-electron chi connectivity index (χ3n) is 5.85. The van der Waals surface area contributed by atoms with Crippen molar-refractivity contribution in [1.82, 2.24) is 4.90 Å². The molecule has 156 valence electrons. The van der Waals surface area contributed by atoms with Crippen LogP contribution in [0.4, 0.5) is 5.69 Å². The molecule has 0 unspecified atom stereocenters. The van der Waals surface area contributed by atoms with E-state index in [9.17, 15) is 9.59 Å². The van der Waals surface area contributed by atoms with Crippen molar-refractivity contribution in [1.29, 1.82) is 0 Å². The number of nitrogens with one attached hydrogen (secondary N) is 1. The predicted octanol–water partition coefficient (Wildman–Crippen LogP) is 5.73. The first-order chi connectivity index (χ1) is 14.6. The number of amides is 1. The van der Waals surface area contributed by atoms with E-state index in [4.69, 9.17) is 0 Å². The zero-order valence-corrected chi connectivity index (χ0v) is 18.2. The summed E-state index contributed by atoms with van der Waals surface area (Å²) in [5.74, 6) is 0.794. The van der Waals surface area contributed by atoms with E-state index < -0.39 is 0 Å². The minimum atomic E-state index is -0.0861. The van der Waals surface area contributed by atoms with Gasteiger partial charge in [0.05, 0.1) is 4.88 Å². The van der Waals surface area contributed by atoms with Gasteiger partial charge < -0.3 is 5.32 Å². The van der Waals surface area contributed by atoms with Gasteiger partial charge in [-0.15, -0.1) is 11.3 Å². The van der Waals surface area contributed by atoms with Crippen molar-refractivity contribution < 1.29 is 9.59 Å². The number of benzene rings is 2. The fourth-order valence-corrected chi connectivity index (χ4v) is 5.25. The number of hydrogen-bond donors (Lipinski definition) is 1. The number of rotatable bonds is 7. The molecule has 0 radical (unpaired) electrons. The molecular formula is C25H28N2O2S. The Morgan fingerprint density at radius 2 is 1.83 bits per heavy atom. The van der Waals surface area contributed by atoms with Crippen LogP contribution < -0.4 is 5.32 Å². The lowest BCUT2D eigenvalue weighted by atomic mass is 9.91. The van der Waals surface area contributed by atoms with Crippen molar-refractivity contribution >= 4 is 38.8 Å². The zero-order chi connectivity index (χ0) is 20.9. The molecule has 0 aliphatic carbocycles. The zero-order valence-electron chi connectivity index (χ0n) is 17.4. The highest BCUT2D eigenvalue weighted by Crippen LogP contribution is 2.30. The Morgan fingerprint density at radius 1 is 1.07 bits per heavy atom. The van der Waals surface area contributed by atoms with Gasteiger partial charge in [-0.1, -0.05) is 36.4 Å². The first-order valence-corrected chi connectivity index (χ1v) is 11.5. The molecule has 2 aromatic carbocycles. The summed E-state index contributed by atoms with van der Waals surface area (Å²) >= 11 is 1.53. The molecule has 4 nitrogen and oxygen atoms in total. The molecule has 30 heavy (non-hydrogen) atoms. The number of fused-ring (bicyclic) bond motifs is 1. The number of nitrogens with zero attached hydrogens (tertiary/aromatic N) is 1. The second-order valence-electron chi connectivity index (χ2n) is 8.21. The van der Waals surface area contributed by atoms with Crippen molar-refractivity contribution in [3.63, 3.8) is 0 Å². The van der Waals surface area contributed by atoms with Gasteiger partial charge in [0.25, 0.3) is 0 Å². The molecule has 1 N–H and O–H groups in total. The van der Waals surface area contributed by atoms with E-state index in [2.05, 4.69) is 40.5 Å². The lowest BCUT2D eigenvalue weighted by Gasteiger charge is -2.31. The summed E-state index contributed by atoms with van der Waals surface area (Å²) in [5.41, 5.74) is 2.15. The number of thiophene rings is 1. The van der Waals surface area contributed by atoms with Crippen LogP contribution in [0.25, 0.3) is 10.1 Å². The Hall–Kier alpha value is -2.50. The SMILES string of the molecule is CC(=O)Nc1ccc2cc(C(=O)CCC3CCN(Cc4ccccc4)CC3)sc2c1. The molecule has 5 heteroatoms. The van der Waals surface area contributed by atoms with Gasteiger partial charge in [-0.05, 0) is 67.4 Å². The van der Waals surface area contributed by atoms with Gasteiger partial charge in [0.2, 0.25) is 5.91 Å². The van der Waals surface area contributed by atoms with E-state index in [0.717, 1.165) is 46.7 Å². The molecule has 1 saturated heterocycles. The number of carbonyl (C=O) groups is 2. The Bertz CT molecular complexity index is 1020. The monoisotopic (exact) mass is 420 g/mol. The highest BCUT2D eigenvalue weighted by molar-refractivity contribution is 7.20. The van der Waals surface area contributed by atoms with Crippen molar-refractivity contribution in [2.75, 3.05) is 18.4 Å². The molecule has 1 amide bonds. The molecular weight excluding hydrogens is 392 g/mol. The maximum absolute atomic E-state index is 12.8. The van der Waals surface area contributed by atoms with E-state index in [1.54, 1.807) is 0 Å². The van der Waals surface area contributed by atoms with E-state index in [1.807, 2.05) is 24.3 Å². The topological polar surface area (TPSA) is 49.4 Å². The number of hydrogen-bond acceptors (Lipinski definition) is 4. The number of carbonyl (C=O) groups excluding carboxylic acids is 2. The molecule has 1 aliphatic heterocycles. The van der Waals surface area contributed by atoms with Crippen molar-refractivity contribution in [3.05, 3.63) is 65.0 Å². The van der Waals surface area contributed by atoms with E-state index in [0.29, 0.717) is 12.3 Å². The fraction of sp³-hybridized carbons (Fsp3) is 0.360. The molecule has 2 heterocycles. The standard InChI is InChI=1S/C25H28N2O2S/c1-18(28)26-22-9-8-21-15-25(30-24(21)16-22)23(29)10-7-19-11-13-27(14-12-19)17-20-5-3-2-4-6-20/h2-6,8-9,15-16,19H,7,10-14,17H2,1H3,(H,26,28). The maximum Gasteiger partial charge on any atom is 0.221 e. The van der Waals surface area contributed by atoms with Crippen LogP contribution in [0.5, 0.6) is 0 Å². The average Bonchev–Trinajstić information content (AvgIpc) is 3.17. The summed E-state index contributed by atoms with van der Waals surface area (Å²) in [6.45, 7) is 4.75. The van der Waals surface area contributed by atoms with Gasteiger partial charge in [0.15, 0.2) is 5.78 Å². The highest BCUT2D eigenvalue weighted by atomic mass is 32.1. The minimum Gasteiger partial charge on any atom is -0.326 e. The summed E-state index contributed by atoms with van der Waals surface area (Å²) in [6, 6.07) is 18.4. The van der Waals surface area contributed by atoms with Gasteiger partial charge in [0.1, 0.15) is 0 Å². The Kier molecular flexibility index (Phi) is 6.60. The highest BCUT2D eigenvalue weighted by Gasteiger charge is 2.21. The lowest BCUT2D eigenvalue weighted by molar-refractivity contribution is -0.114. The Morgan fingerprint density at radius 3 is 2.57 bits per heavy atom. The molecule has 0 spiro atoms. The number of likely N-dealkylation sites (tertiary alicyclic amines) is 1. The second kappa shape index (κ2) is 9.54. The molecule has 1 aromatic heterocycles. The Balaban J connectivity index is 1.27. The van der Waals surface area contributed by atoms with E-state index >= 15 is 0 Å². The van der Waals surface area contributed by atoms with Crippen LogP contribution in [-0.2, 0) is 11.3 Å². The van der Waals surface area contributed by atoms with Crippen molar-refractivity contribution in [3.8, 4) is 0 Å². The van der Waals surface area contributed by atoms with Gasteiger partial charge in [-0.2, -0.15) is 0 Å². The van der Waals surface area contributed by atoms with Crippen LogP contribution in [0.15, 0.2) is 54.6 Å². The third kappa shape index (κ3) is 5.35. The number of ketones is 1. The van der Waals surface area contributed by atoms with E-state index in [1.165, 1.54) is 36.7 Å². The lowest BCUT2D eigenvalue weighted by Crippen LogP contribution is -2.33. The van der Waals surface area contributed by atoms with Crippen LogP contribution in [-0.4, -0.2) is 29.7 Å². The van der Waals surface area contributed by atoms with Crippen LogP contribution in [0.3, 0.4) is 0 Å². The van der Waals surface area contributed by atoms with Crippen LogP contribution in [0, 0.1) is 5.92 Å². The quantitative estimate of drug-likeness (QED) is 0.496. The maximum atomic E-state index is 12.8. The number of anilines is 1. The number of piperidine rings is 1. The molecule has 3 aromatic rings. The largest absolute Gasteiger partial charge is 0.326 e. The fourth-order valence-electron chi connectivity index (χ4n) is 4.18. The van der Waals surface area contributed by atoms with Crippen LogP contribution in [0.1, 0.15) is 47.8 Å². The molecule has 0 saturated carbocycles. The summed E-state index contributed by atoms with van der Waals surface area (Å²) < 4.78 is 1.04. The summed E-state index contributed by atoms with van der Waals surface area (Å²) in [7, 11) is 0.